The molecular formula is C10H13OPt-3. The number of hydrogen-bond donors (Lipinski definition) is 0. The van der Waals surface area contributed by atoms with Crippen molar-refractivity contribution in [1.29, 1.82) is 0 Å². The average Bonchev–Trinajstić information content (AvgIpc) is 2.34. The zero-order valence-corrected chi connectivity index (χ0v) is 9.54. The van der Waals surface area contributed by atoms with Crippen molar-refractivity contribution in [1.82, 2.24) is 0 Å². The maximum absolute atomic E-state index is 9.70. The van der Waals surface area contributed by atoms with E-state index in [-0.39, 0.29) is 35.9 Å². The molecule has 0 aromatic heterocycles. The summed E-state index contributed by atoms with van der Waals surface area (Å²) in [5.41, 5.74) is 0. The molecule has 0 atom stereocenters. The first kappa shape index (κ1) is 17.6. The summed E-state index contributed by atoms with van der Waals surface area (Å²) in [6, 6.07) is 0. The molecule has 0 amide bonds. The van der Waals surface area contributed by atoms with Gasteiger partial charge in [-0.1, -0.05) is 30.2 Å². The first-order valence-corrected chi connectivity index (χ1v) is 2.83. The Labute approximate surface area is 89.5 Å². The minimum atomic E-state index is 0. The van der Waals surface area contributed by atoms with E-state index in [9.17, 15) is 4.79 Å². The maximum Gasteiger partial charge on any atom is 0 e. The molecule has 0 fully saturated rings. The smallest absolute Gasteiger partial charge is 0 e. The zero-order chi connectivity index (χ0) is 6.53. The van der Waals surface area contributed by atoms with E-state index in [1.165, 1.54) is 6.08 Å². The standard InChI is InChI=1S/C8H7O.2CH3.Pt/c9-7-3-6-8-4-1-2-5-8;;;/h1-6,8H;2*1H3;/q3*-1;. The normalized spacial score (nSPS) is 13.3. The van der Waals surface area contributed by atoms with Gasteiger partial charge in [-0.15, -0.1) is 0 Å². The van der Waals surface area contributed by atoms with Gasteiger partial charge in [0, 0.05) is 21.1 Å². The van der Waals surface area contributed by atoms with Crippen molar-refractivity contribution in [3.05, 3.63) is 51.3 Å². The number of rotatable bonds is 2. The van der Waals surface area contributed by atoms with Gasteiger partial charge in [-0.25, -0.2) is 6.08 Å². The summed E-state index contributed by atoms with van der Waals surface area (Å²) >= 11 is 0. The predicted octanol–water partition coefficient (Wildman–Crippen LogP) is 2.29. The Bertz CT molecular complexity index is 168. The summed E-state index contributed by atoms with van der Waals surface area (Å²) in [6.45, 7) is 0. The van der Waals surface area contributed by atoms with Gasteiger partial charge in [-0.05, 0) is 6.29 Å². The van der Waals surface area contributed by atoms with Gasteiger partial charge in [0.2, 0.25) is 0 Å². The Morgan fingerprint density at radius 2 is 1.67 bits per heavy atom. The topological polar surface area (TPSA) is 17.1 Å². The van der Waals surface area contributed by atoms with Crippen molar-refractivity contribution >= 4 is 6.29 Å². The molecule has 0 heterocycles. The fraction of sp³-hybridized carbons (Fsp3) is 0.100. The second-order valence-electron chi connectivity index (χ2n) is 1.82. The Kier molecular flexibility index (Phi) is 15.5. The molecule has 72 valence electrons. The Balaban J connectivity index is -0.000000270. The van der Waals surface area contributed by atoms with Crippen LogP contribution in [-0.4, -0.2) is 6.29 Å². The van der Waals surface area contributed by atoms with Crippen molar-refractivity contribution in [2.45, 2.75) is 0 Å². The Hall–Kier alpha value is -0.422. The van der Waals surface area contributed by atoms with Crippen LogP contribution in [0.25, 0.3) is 0 Å². The van der Waals surface area contributed by atoms with Gasteiger partial charge in [0.05, 0.1) is 0 Å². The second kappa shape index (κ2) is 10.6. The van der Waals surface area contributed by atoms with Crippen molar-refractivity contribution < 1.29 is 25.9 Å². The van der Waals surface area contributed by atoms with E-state index in [0.717, 1.165) is 0 Å². The third-order valence-electron chi connectivity index (χ3n) is 1.16. The van der Waals surface area contributed by atoms with Crippen LogP contribution < -0.4 is 0 Å². The minimum Gasteiger partial charge on any atom is -0.419 e. The molecule has 1 aliphatic carbocycles. The number of carbonyl (C=O) groups excluding carboxylic acids is 1. The third kappa shape index (κ3) is 6.30. The molecule has 1 nitrogen and oxygen atoms in total. The van der Waals surface area contributed by atoms with Gasteiger partial charge in [0.25, 0.3) is 0 Å². The van der Waals surface area contributed by atoms with Crippen LogP contribution in [0.2, 0.25) is 0 Å². The van der Waals surface area contributed by atoms with Crippen LogP contribution in [-0.2, 0) is 25.9 Å². The summed E-state index contributed by atoms with van der Waals surface area (Å²) < 4.78 is 0. The summed E-state index contributed by atoms with van der Waals surface area (Å²) in [5, 5.41) is 0. The van der Waals surface area contributed by atoms with Crippen LogP contribution in [0, 0.1) is 20.8 Å². The molecule has 0 aliphatic heterocycles. The monoisotopic (exact) mass is 344 g/mol. The van der Waals surface area contributed by atoms with Crippen LogP contribution >= 0.6 is 0 Å². The van der Waals surface area contributed by atoms with Gasteiger partial charge in [-0.2, -0.15) is 6.08 Å². The molecule has 0 aromatic carbocycles. The molecule has 1 aliphatic rings. The van der Waals surface area contributed by atoms with Crippen LogP contribution in [0.4, 0.5) is 0 Å². The van der Waals surface area contributed by atoms with Gasteiger partial charge in [-0.3, -0.25) is 0 Å². The van der Waals surface area contributed by atoms with Gasteiger partial charge in [0.1, 0.15) is 0 Å². The molecule has 12 heavy (non-hydrogen) atoms. The van der Waals surface area contributed by atoms with Crippen molar-refractivity contribution in [3.63, 3.8) is 0 Å². The fourth-order valence-corrected chi connectivity index (χ4v) is 0.728. The number of allylic oxidation sites excluding steroid dienone is 6. The van der Waals surface area contributed by atoms with E-state index in [2.05, 4.69) is 0 Å². The summed E-state index contributed by atoms with van der Waals surface area (Å²) in [5.74, 6) is 0.312. The fourth-order valence-electron chi connectivity index (χ4n) is 0.728. The van der Waals surface area contributed by atoms with E-state index < -0.39 is 0 Å². The summed E-state index contributed by atoms with van der Waals surface area (Å²) in [4.78, 5) is 9.70. The van der Waals surface area contributed by atoms with Crippen LogP contribution in [0.15, 0.2) is 36.5 Å². The quantitative estimate of drug-likeness (QED) is 0.555. The molecule has 0 N–H and O–H groups in total. The summed E-state index contributed by atoms with van der Waals surface area (Å²) in [6.07, 6.45) is 12.8. The molecule has 2 heteroatoms. The summed E-state index contributed by atoms with van der Waals surface area (Å²) in [7, 11) is 0. The van der Waals surface area contributed by atoms with E-state index in [0.29, 0.717) is 5.92 Å². The largest absolute Gasteiger partial charge is 0.419 e. The van der Waals surface area contributed by atoms with Gasteiger partial charge < -0.3 is 19.6 Å². The first-order valence-electron chi connectivity index (χ1n) is 2.83. The molecule has 0 unspecified atom stereocenters. The average molecular weight is 344 g/mol. The minimum absolute atomic E-state index is 0. The molecular weight excluding hydrogens is 331 g/mol. The van der Waals surface area contributed by atoms with E-state index in [4.69, 9.17) is 0 Å². The van der Waals surface area contributed by atoms with E-state index in [1.807, 2.05) is 24.3 Å². The molecule has 0 saturated carbocycles. The second-order valence-corrected chi connectivity index (χ2v) is 1.82. The van der Waals surface area contributed by atoms with Crippen molar-refractivity contribution in [3.8, 4) is 0 Å². The van der Waals surface area contributed by atoms with E-state index >= 15 is 0 Å². The maximum atomic E-state index is 9.70. The van der Waals surface area contributed by atoms with Crippen molar-refractivity contribution in [2.75, 3.05) is 0 Å². The molecule has 0 bridgehead atoms. The SMILES string of the molecule is O=[C-]C=CC1C=CC=C1.[CH3-].[CH3-].[Pt]. The van der Waals surface area contributed by atoms with Crippen molar-refractivity contribution in [2.24, 2.45) is 5.92 Å². The number of hydrogen-bond acceptors (Lipinski definition) is 1. The molecule has 0 radical (unpaired) electrons. The van der Waals surface area contributed by atoms with E-state index in [1.54, 1.807) is 12.4 Å². The molecule has 1 rings (SSSR count). The zero-order valence-electron chi connectivity index (χ0n) is 7.27. The predicted molar refractivity (Wildman–Crippen MR) is 49.4 cm³/mol. The first-order chi connectivity index (χ1) is 4.43. The molecule has 0 saturated heterocycles. The Morgan fingerprint density at radius 3 is 2.08 bits per heavy atom. The Morgan fingerprint density at radius 1 is 1.17 bits per heavy atom. The van der Waals surface area contributed by atoms with Gasteiger partial charge >= 0.3 is 0 Å². The van der Waals surface area contributed by atoms with Crippen LogP contribution in [0.3, 0.4) is 0 Å². The molecule has 0 spiro atoms. The van der Waals surface area contributed by atoms with Crippen LogP contribution in [0.1, 0.15) is 0 Å². The molecule has 0 aromatic rings. The third-order valence-corrected chi connectivity index (χ3v) is 1.16. The van der Waals surface area contributed by atoms with Gasteiger partial charge in [0.15, 0.2) is 0 Å². The van der Waals surface area contributed by atoms with Crippen LogP contribution in [0.5, 0.6) is 0 Å².